The molecule has 0 spiro atoms. The van der Waals surface area contributed by atoms with Gasteiger partial charge >= 0.3 is 0 Å². The van der Waals surface area contributed by atoms with Crippen LogP contribution in [0, 0.1) is 0 Å². The zero-order valence-electron chi connectivity index (χ0n) is 11.0. The third-order valence-electron chi connectivity index (χ3n) is 3.19. The smallest absolute Gasteiger partial charge is 0.0595 e. The molecule has 102 valence electrons. The lowest BCUT2D eigenvalue weighted by Gasteiger charge is -2.22. The Morgan fingerprint density at radius 1 is 1.21 bits per heavy atom. The minimum atomic E-state index is 0.238. The molecule has 1 nitrogen and oxygen atoms in total. The summed E-state index contributed by atoms with van der Waals surface area (Å²) in [5.41, 5.74) is 1.16. The Bertz CT molecular complexity index is 525. The van der Waals surface area contributed by atoms with Crippen LogP contribution < -0.4 is 5.32 Å². The quantitative estimate of drug-likeness (QED) is 0.729. The maximum absolute atomic E-state index is 6.07. The van der Waals surface area contributed by atoms with Crippen molar-refractivity contribution in [2.24, 2.45) is 0 Å². The molecular weight excluding hydrogens is 297 g/mol. The van der Waals surface area contributed by atoms with Crippen molar-refractivity contribution in [2.45, 2.75) is 32.4 Å². The third-order valence-corrected chi connectivity index (χ3v) is 4.91. The summed E-state index contributed by atoms with van der Waals surface area (Å²) in [6, 6.07) is 10.7. The maximum Gasteiger partial charge on any atom is 0.0595 e. The van der Waals surface area contributed by atoms with Crippen LogP contribution in [0.2, 0.25) is 10.0 Å². The van der Waals surface area contributed by atoms with Crippen molar-refractivity contribution < 1.29 is 0 Å². The number of hydrogen-bond donors (Lipinski definition) is 1. The van der Waals surface area contributed by atoms with Gasteiger partial charge in [-0.05, 0) is 42.5 Å². The standard InChI is InChI=1S/C15H17Cl2NS/c1-3-14(15-5-4-8-19-15)18-10(2)11-6-7-12(16)13(17)9-11/h4-10,14,18H,3H2,1-2H3. The van der Waals surface area contributed by atoms with E-state index in [1.165, 1.54) is 4.88 Å². The van der Waals surface area contributed by atoms with Gasteiger partial charge in [0.2, 0.25) is 0 Å². The lowest BCUT2D eigenvalue weighted by Crippen LogP contribution is -2.23. The molecule has 2 atom stereocenters. The summed E-state index contributed by atoms with van der Waals surface area (Å²) in [5, 5.41) is 6.96. The Balaban J connectivity index is 2.11. The van der Waals surface area contributed by atoms with Crippen LogP contribution in [0.5, 0.6) is 0 Å². The molecule has 0 aliphatic carbocycles. The van der Waals surface area contributed by atoms with Gasteiger partial charge in [-0.25, -0.2) is 0 Å². The Morgan fingerprint density at radius 3 is 2.58 bits per heavy atom. The summed E-state index contributed by atoms with van der Waals surface area (Å²) >= 11 is 13.8. The van der Waals surface area contributed by atoms with Crippen LogP contribution >= 0.6 is 34.5 Å². The minimum Gasteiger partial charge on any atom is -0.303 e. The SMILES string of the molecule is CCC(NC(C)c1ccc(Cl)c(Cl)c1)c1cccs1. The Kier molecular flexibility index (Phi) is 5.28. The number of hydrogen-bond acceptors (Lipinski definition) is 2. The van der Waals surface area contributed by atoms with Crippen LogP contribution in [0.15, 0.2) is 35.7 Å². The van der Waals surface area contributed by atoms with Gasteiger partial charge in [-0.3, -0.25) is 0 Å². The van der Waals surface area contributed by atoms with Crippen molar-refractivity contribution in [3.05, 3.63) is 56.2 Å². The molecule has 2 unspecified atom stereocenters. The van der Waals surface area contributed by atoms with Crippen LogP contribution in [-0.2, 0) is 0 Å². The molecule has 19 heavy (non-hydrogen) atoms. The summed E-state index contributed by atoms with van der Waals surface area (Å²) in [5.74, 6) is 0. The number of thiophene rings is 1. The van der Waals surface area contributed by atoms with Crippen LogP contribution in [0.3, 0.4) is 0 Å². The van der Waals surface area contributed by atoms with Crippen LogP contribution in [0.4, 0.5) is 0 Å². The molecule has 1 heterocycles. The highest BCUT2D eigenvalue weighted by molar-refractivity contribution is 7.10. The average molecular weight is 314 g/mol. The Morgan fingerprint density at radius 2 is 2.00 bits per heavy atom. The monoisotopic (exact) mass is 313 g/mol. The van der Waals surface area contributed by atoms with E-state index in [0.717, 1.165) is 12.0 Å². The first-order chi connectivity index (χ1) is 9.11. The van der Waals surface area contributed by atoms with Gasteiger partial charge in [0.25, 0.3) is 0 Å². The van der Waals surface area contributed by atoms with Crippen molar-refractivity contribution in [2.75, 3.05) is 0 Å². The van der Waals surface area contributed by atoms with Crippen molar-refractivity contribution in [1.82, 2.24) is 5.32 Å². The van der Waals surface area contributed by atoms with E-state index in [0.29, 0.717) is 16.1 Å². The average Bonchev–Trinajstić information content (AvgIpc) is 2.92. The molecule has 1 aromatic heterocycles. The highest BCUT2D eigenvalue weighted by atomic mass is 35.5. The second-order valence-corrected chi connectivity index (χ2v) is 6.33. The number of halogens is 2. The molecule has 0 saturated carbocycles. The highest BCUT2D eigenvalue weighted by Crippen LogP contribution is 2.28. The summed E-state index contributed by atoms with van der Waals surface area (Å²) in [4.78, 5) is 1.37. The van der Waals surface area contributed by atoms with Gasteiger partial charge in [0, 0.05) is 17.0 Å². The molecule has 0 amide bonds. The van der Waals surface area contributed by atoms with Gasteiger partial charge in [-0.1, -0.05) is 42.3 Å². The first kappa shape index (κ1) is 14.9. The number of nitrogens with one attached hydrogen (secondary N) is 1. The molecule has 0 saturated heterocycles. The van der Waals surface area contributed by atoms with Crippen molar-refractivity contribution in [3.63, 3.8) is 0 Å². The normalized spacial score (nSPS) is 14.3. The van der Waals surface area contributed by atoms with Gasteiger partial charge in [-0.2, -0.15) is 0 Å². The number of rotatable bonds is 5. The fourth-order valence-corrected chi connectivity index (χ4v) is 3.25. The van der Waals surface area contributed by atoms with Crippen LogP contribution in [0.25, 0.3) is 0 Å². The highest BCUT2D eigenvalue weighted by Gasteiger charge is 2.15. The lowest BCUT2D eigenvalue weighted by molar-refractivity contribution is 0.462. The molecule has 0 radical (unpaired) electrons. The lowest BCUT2D eigenvalue weighted by atomic mass is 10.1. The molecule has 2 aromatic rings. The zero-order chi connectivity index (χ0) is 13.8. The molecular formula is C15H17Cl2NS. The van der Waals surface area contributed by atoms with Crippen molar-refractivity contribution in [1.29, 1.82) is 0 Å². The zero-order valence-corrected chi connectivity index (χ0v) is 13.3. The summed E-state index contributed by atoms with van der Waals surface area (Å²) < 4.78 is 0. The van der Waals surface area contributed by atoms with Gasteiger partial charge in [0.1, 0.15) is 0 Å². The van der Waals surface area contributed by atoms with E-state index in [1.807, 2.05) is 18.2 Å². The largest absolute Gasteiger partial charge is 0.303 e. The van der Waals surface area contributed by atoms with E-state index in [9.17, 15) is 0 Å². The first-order valence-electron chi connectivity index (χ1n) is 6.36. The molecule has 1 aromatic carbocycles. The second kappa shape index (κ2) is 6.76. The topological polar surface area (TPSA) is 12.0 Å². The van der Waals surface area contributed by atoms with Crippen LogP contribution in [0.1, 0.15) is 42.8 Å². The molecule has 0 aliphatic rings. The number of benzene rings is 1. The molecule has 0 aliphatic heterocycles. The molecule has 0 fully saturated rings. The molecule has 1 N–H and O–H groups in total. The summed E-state index contributed by atoms with van der Waals surface area (Å²) in [7, 11) is 0. The Hall–Kier alpha value is -0.540. The van der Waals surface area contributed by atoms with E-state index in [1.54, 1.807) is 11.3 Å². The predicted molar refractivity (Wildman–Crippen MR) is 85.4 cm³/mol. The third kappa shape index (κ3) is 3.73. The van der Waals surface area contributed by atoms with E-state index < -0.39 is 0 Å². The summed E-state index contributed by atoms with van der Waals surface area (Å²) in [6.07, 6.45) is 1.06. The van der Waals surface area contributed by atoms with E-state index >= 15 is 0 Å². The van der Waals surface area contributed by atoms with Crippen molar-refractivity contribution in [3.8, 4) is 0 Å². The molecule has 0 bridgehead atoms. The van der Waals surface area contributed by atoms with Gasteiger partial charge in [0.05, 0.1) is 10.0 Å². The first-order valence-corrected chi connectivity index (χ1v) is 7.99. The molecule has 2 rings (SSSR count). The summed E-state index contributed by atoms with van der Waals surface area (Å²) in [6.45, 7) is 4.34. The maximum atomic E-state index is 6.07. The van der Waals surface area contributed by atoms with Gasteiger partial charge in [-0.15, -0.1) is 11.3 Å². The van der Waals surface area contributed by atoms with Gasteiger partial charge < -0.3 is 5.32 Å². The van der Waals surface area contributed by atoms with Crippen molar-refractivity contribution >= 4 is 34.5 Å². The van der Waals surface area contributed by atoms with E-state index in [2.05, 4.69) is 36.7 Å². The minimum absolute atomic E-state index is 0.238. The van der Waals surface area contributed by atoms with Gasteiger partial charge in [0.15, 0.2) is 0 Å². The van der Waals surface area contributed by atoms with E-state index in [4.69, 9.17) is 23.2 Å². The Labute approximate surface area is 128 Å². The van der Waals surface area contributed by atoms with E-state index in [-0.39, 0.29) is 6.04 Å². The van der Waals surface area contributed by atoms with Crippen LogP contribution in [-0.4, -0.2) is 0 Å². The second-order valence-electron chi connectivity index (χ2n) is 4.54. The molecule has 4 heteroatoms. The fraction of sp³-hybridized carbons (Fsp3) is 0.333. The predicted octanol–water partition coefficient (Wildman–Crippen LogP) is 5.86. The fourth-order valence-electron chi connectivity index (χ4n) is 2.07.